The summed E-state index contributed by atoms with van der Waals surface area (Å²) in [6, 6.07) is 5.82. The maximum Gasteiger partial charge on any atom is 0.251 e. The van der Waals surface area contributed by atoms with Crippen LogP contribution in [0.15, 0.2) is 29.2 Å². The molecule has 2 N–H and O–H groups in total. The summed E-state index contributed by atoms with van der Waals surface area (Å²) in [6.45, 7) is 5.02. The number of carbonyl (C=O) groups is 1. The van der Waals surface area contributed by atoms with Crippen molar-refractivity contribution in [2.24, 2.45) is 0 Å². The first-order valence-corrected chi connectivity index (χ1v) is 9.47. The van der Waals surface area contributed by atoms with E-state index in [1.54, 1.807) is 0 Å². The highest BCUT2D eigenvalue weighted by Crippen LogP contribution is 2.13. The van der Waals surface area contributed by atoms with E-state index in [0.29, 0.717) is 5.56 Å². The molecule has 0 bridgehead atoms. The van der Waals surface area contributed by atoms with Crippen molar-refractivity contribution in [1.82, 2.24) is 14.9 Å². The molecular formula is C16H25N3O3S. The van der Waals surface area contributed by atoms with Crippen LogP contribution in [0.3, 0.4) is 0 Å². The Morgan fingerprint density at radius 1 is 1.22 bits per heavy atom. The Bertz CT molecular complexity index is 622. The van der Waals surface area contributed by atoms with E-state index in [1.165, 1.54) is 44.2 Å². The van der Waals surface area contributed by atoms with Crippen molar-refractivity contribution in [3.63, 3.8) is 0 Å². The van der Waals surface area contributed by atoms with Crippen LogP contribution in [0.25, 0.3) is 0 Å². The Labute approximate surface area is 138 Å². The molecule has 128 valence electrons. The summed E-state index contributed by atoms with van der Waals surface area (Å²) < 4.78 is 27.4. The first-order valence-electron chi connectivity index (χ1n) is 7.99. The summed E-state index contributed by atoms with van der Waals surface area (Å²) in [6.07, 6.45) is 3.26. The lowest BCUT2D eigenvalue weighted by atomic mass is 10.2. The molecule has 1 aromatic rings. The Kier molecular flexibility index (Phi) is 6.15. The number of hydrogen-bond donors (Lipinski definition) is 2. The SMILES string of the molecule is CNC(=O)c1ccc(S(=O)(=O)N[C@@H](C)CCN2CCCC2)cc1. The smallest absolute Gasteiger partial charge is 0.251 e. The van der Waals surface area contributed by atoms with Gasteiger partial charge in [0.25, 0.3) is 5.91 Å². The Morgan fingerprint density at radius 3 is 2.39 bits per heavy atom. The summed E-state index contributed by atoms with van der Waals surface area (Å²) >= 11 is 0. The molecule has 0 saturated carbocycles. The number of amides is 1. The van der Waals surface area contributed by atoms with Crippen LogP contribution in [0.4, 0.5) is 0 Å². The third-order valence-electron chi connectivity index (χ3n) is 4.09. The molecule has 0 unspecified atom stereocenters. The summed E-state index contributed by atoms with van der Waals surface area (Å²) in [4.78, 5) is 14.0. The number of hydrogen-bond acceptors (Lipinski definition) is 4. The fourth-order valence-electron chi connectivity index (χ4n) is 2.70. The molecule has 1 aliphatic rings. The molecule has 23 heavy (non-hydrogen) atoms. The molecule has 1 atom stereocenters. The molecular weight excluding hydrogens is 314 g/mol. The number of benzene rings is 1. The fourth-order valence-corrected chi connectivity index (χ4v) is 3.98. The first kappa shape index (κ1) is 17.9. The van der Waals surface area contributed by atoms with Crippen molar-refractivity contribution in [2.45, 2.75) is 37.1 Å². The average Bonchev–Trinajstić information content (AvgIpc) is 3.05. The Balaban J connectivity index is 1.93. The molecule has 0 aromatic heterocycles. The van der Waals surface area contributed by atoms with Crippen molar-refractivity contribution in [2.75, 3.05) is 26.7 Å². The van der Waals surface area contributed by atoms with Gasteiger partial charge in [-0.2, -0.15) is 0 Å². The lowest BCUT2D eigenvalue weighted by Crippen LogP contribution is -2.35. The van der Waals surface area contributed by atoms with Gasteiger partial charge in [-0.05, 0) is 70.1 Å². The molecule has 6 nitrogen and oxygen atoms in total. The zero-order valence-electron chi connectivity index (χ0n) is 13.7. The van der Waals surface area contributed by atoms with E-state index in [-0.39, 0.29) is 16.8 Å². The zero-order valence-corrected chi connectivity index (χ0v) is 14.5. The minimum absolute atomic E-state index is 0.126. The van der Waals surface area contributed by atoms with Crippen LogP contribution in [0.2, 0.25) is 0 Å². The lowest BCUT2D eigenvalue weighted by Gasteiger charge is -2.19. The molecule has 2 rings (SSSR count). The number of carbonyl (C=O) groups excluding carboxylic acids is 1. The predicted molar refractivity (Wildman–Crippen MR) is 89.9 cm³/mol. The van der Waals surface area contributed by atoms with Gasteiger partial charge in [0.2, 0.25) is 10.0 Å². The molecule has 0 spiro atoms. The fraction of sp³-hybridized carbons (Fsp3) is 0.562. The van der Waals surface area contributed by atoms with Crippen LogP contribution in [0, 0.1) is 0 Å². The van der Waals surface area contributed by atoms with Crippen LogP contribution >= 0.6 is 0 Å². The third-order valence-corrected chi connectivity index (χ3v) is 5.69. The summed E-state index contributed by atoms with van der Waals surface area (Å²) in [5.41, 5.74) is 0.438. The number of sulfonamides is 1. The summed E-state index contributed by atoms with van der Waals surface area (Å²) in [5, 5.41) is 2.51. The predicted octanol–water partition coefficient (Wildman–Crippen LogP) is 1.20. The second-order valence-corrected chi connectivity index (χ2v) is 7.68. The van der Waals surface area contributed by atoms with E-state index in [9.17, 15) is 13.2 Å². The van der Waals surface area contributed by atoms with Gasteiger partial charge in [-0.25, -0.2) is 13.1 Å². The molecule has 1 aliphatic heterocycles. The van der Waals surface area contributed by atoms with Gasteiger partial charge < -0.3 is 10.2 Å². The Morgan fingerprint density at radius 2 is 1.83 bits per heavy atom. The lowest BCUT2D eigenvalue weighted by molar-refractivity contribution is 0.0963. The van der Waals surface area contributed by atoms with E-state index in [2.05, 4.69) is 14.9 Å². The van der Waals surface area contributed by atoms with Crippen molar-refractivity contribution >= 4 is 15.9 Å². The summed E-state index contributed by atoms with van der Waals surface area (Å²) in [7, 11) is -2.02. The highest BCUT2D eigenvalue weighted by molar-refractivity contribution is 7.89. The van der Waals surface area contributed by atoms with E-state index < -0.39 is 10.0 Å². The first-order chi connectivity index (χ1) is 10.9. The van der Waals surface area contributed by atoms with Crippen molar-refractivity contribution in [3.8, 4) is 0 Å². The van der Waals surface area contributed by atoms with Crippen LogP contribution in [-0.4, -0.2) is 51.9 Å². The topological polar surface area (TPSA) is 78.5 Å². The zero-order chi connectivity index (χ0) is 16.9. The average molecular weight is 339 g/mol. The summed E-state index contributed by atoms with van der Waals surface area (Å²) in [5.74, 6) is -0.235. The van der Waals surface area contributed by atoms with Gasteiger partial charge >= 0.3 is 0 Å². The van der Waals surface area contributed by atoms with Crippen LogP contribution in [0.1, 0.15) is 36.5 Å². The molecule has 1 amide bonds. The maximum absolute atomic E-state index is 12.4. The van der Waals surface area contributed by atoms with Gasteiger partial charge in [0.15, 0.2) is 0 Å². The monoisotopic (exact) mass is 339 g/mol. The number of nitrogens with one attached hydrogen (secondary N) is 2. The molecule has 1 aromatic carbocycles. The van der Waals surface area contributed by atoms with Gasteiger partial charge in [0.05, 0.1) is 4.90 Å². The van der Waals surface area contributed by atoms with Crippen molar-refractivity contribution in [1.29, 1.82) is 0 Å². The van der Waals surface area contributed by atoms with Gasteiger partial charge in [-0.3, -0.25) is 4.79 Å². The molecule has 0 radical (unpaired) electrons. The second kappa shape index (κ2) is 7.90. The largest absolute Gasteiger partial charge is 0.355 e. The molecule has 1 heterocycles. The standard InChI is InChI=1S/C16H25N3O3S/c1-13(9-12-19-10-3-4-11-19)18-23(21,22)15-7-5-14(6-8-15)16(20)17-2/h5-8,13,18H,3-4,9-12H2,1-2H3,(H,17,20)/t13-/m0/s1. The minimum Gasteiger partial charge on any atom is -0.355 e. The highest BCUT2D eigenvalue weighted by atomic mass is 32.2. The Hall–Kier alpha value is -1.44. The van der Waals surface area contributed by atoms with Crippen molar-refractivity contribution < 1.29 is 13.2 Å². The molecule has 1 saturated heterocycles. The maximum atomic E-state index is 12.4. The number of nitrogens with zero attached hydrogens (tertiary/aromatic N) is 1. The van der Waals surface area contributed by atoms with Gasteiger partial charge in [-0.15, -0.1) is 0 Å². The molecule has 0 aliphatic carbocycles. The van der Waals surface area contributed by atoms with Crippen LogP contribution in [-0.2, 0) is 10.0 Å². The van der Waals surface area contributed by atoms with Crippen LogP contribution < -0.4 is 10.0 Å². The highest BCUT2D eigenvalue weighted by Gasteiger charge is 2.19. The van der Waals surface area contributed by atoms with Crippen molar-refractivity contribution in [3.05, 3.63) is 29.8 Å². The van der Waals surface area contributed by atoms with Gasteiger partial charge in [-0.1, -0.05) is 0 Å². The minimum atomic E-state index is -3.55. The van der Waals surface area contributed by atoms with E-state index in [1.807, 2.05) is 6.92 Å². The second-order valence-electron chi connectivity index (χ2n) is 5.96. The van der Waals surface area contributed by atoms with Gasteiger partial charge in [0.1, 0.15) is 0 Å². The van der Waals surface area contributed by atoms with Crippen LogP contribution in [0.5, 0.6) is 0 Å². The quantitative estimate of drug-likeness (QED) is 0.782. The molecule has 7 heteroatoms. The van der Waals surface area contributed by atoms with E-state index in [0.717, 1.165) is 26.1 Å². The van der Waals surface area contributed by atoms with Gasteiger partial charge in [0, 0.05) is 18.7 Å². The molecule has 1 fully saturated rings. The number of rotatable bonds is 7. The number of likely N-dealkylation sites (tertiary alicyclic amines) is 1. The normalized spacial score (nSPS) is 17.1. The third kappa shape index (κ3) is 5.02. The van der Waals surface area contributed by atoms with E-state index >= 15 is 0 Å². The van der Waals surface area contributed by atoms with E-state index in [4.69, 9.17) is 0 Å².